The highest BCUT2D eigenvalue weighted by Crippen LogP contribution is 2.24. The molecule has 108 valence electrons. The van der Waals surface area contributed by atoms with E-state index in [1.807, 2.05) is 0 Å². The van der Waals surface area contributed by atoms with Crippen molar-refractivity contribution in [3.63, 3.8) is 0 Å². The van der Waals surface area contributed by atoms with E-state index in [9.17, 15) is 9.59 Å². The van der Waals surface area contributed by atoms with Crippen molar-refractivity contribution >= 4 is 23.8 Å². The van der Waals surface area contributed by atoms with Crippen molar-refractivity contribution in [3.05, 3.63) is 0 Å². The van der Waals surface area contributed by atoms with Gasteiger partial charge in [0.2, 0.25) is 0 Å². The van der Waals surface area contributed by atoms with Crippen LogP contribution in [0, 0.1) is 0 Å². The highest BCUT2D eigenvalue weighted by Gasteiger charge is 2.39. The molecular weight excluding hydrogens is 266 g/mol. The summed E-state index contributed by atoms with van der Waals surface area (Å²) < 4.78 is 0. The second-order valence-corrected chi connectivity index (χ2v) is 6.37. The van der Waals surface area contributed by atoms with Gasteiger partial charge in [0.05, 0.1) is 5.88 Å². The van der Waals surface area contributed by atoms with E-state index in [1.165, 1.54) is 16.7 Å². The van der Waals surface area contributed by atoms with Gasteiger partial charge in [0, 0.05) is 30.9 Å². The average molecular weight is 287 g/mol. The Morgan fingerprint density at radius 2 is 1.79 bits per heavy atom. The van der Waals surface area contributed by atoms with Gasteiger partial charge in [-0.1, -0.05) is 0 Å². The van der Waals surface area contributed by atoms with Gasteiger partial charge in [0.25, 0.3) is 0 Å². The number of nitrogens with zero attached hydrogens (tertiary/aromatic N) is 3. The zero-order valence-corrected chi connectivity index (χ0v) is 12.4. The van der Waals surface area contributed by atoms with Crippen LogP contribution in [0.15, 0.2) is 0 Å². The molecule has 3 atom stereocenters. The fraction of sp³-hybridized carbons (Fsp3) is 0.833. The van der Waals surface area contributed by atoms with Crippen LogP contribution >= 0.6 is 11.8 Å². The monoisotopic (exact) mass is 287 g/mol. The van der Waals surface area contributed by atoms with Gasteiger partial charge in [-0.3, -0.25) is 4.90 Å². The summed E-state index contributed by atoms with van der Waals surface area (Å²) in [4.78, 5) is 29.1. The SMILES string of the molecule is CC1CN(C(=O)N2CSC[C@H]2C(=O)O)CC(C)N1C. The molecule has 7 heteroatoms. The molecule has 2 aliphatic rings. The number of aliphatic carboxylic acids is 1. The van der Waals surface area contributed by atoms with Gasteiger partial charge in [0.15, 0.2) is 0 Å². The van der Waals surface area contributed by atoms with Crippen molar-refractivity contribution < 1.29 is 14.7 Å². The van der Waals surface area contributed by atoms with E-state index in [0.29, 0.717) is 36.8 Å². The molecule has 0 aromatic rings. The molecule has 0 aromatic heterocycles. The van der Waals surface area contributed by atoms with Crippen molar-refractivity contribution in [2.24, 2.45) is 0 Å². The van der Waals surface area contributed by atoms with Gasteiger partial charge in [-0.2, -0.15) is 0 Å². The third-order valence-corrected chi connectivity index (χ3v) is 5.06. The van der Waals surface area contributed by atoms with Crippen LogP contribution in [0.1, 0.15) is 13.8 Å². The first kappa shape index (κ1) is 14.5. The van der Waals surface area contributed by atoms with Crippen LogP contribution in [0.3, 0.4) is 0 Å². The predicted octanol–water partition coefficient (Wildman–Crippen LogP) is 0.590. The predicted molar refractivity (Wildman–Crippen MR) is 74.2 cm³/mol. The lowest BCUT2D eigenvalue weighted by atomic mass is 10.1. The second-order valence-electron chi connectivity index (χ2n) is 5.37. The summed E-state index contributed by atoms with van der Waals surface area (Å²) in [7, 11) is 2.06. The molecule has 2 amide bonds. The fourth-order valence-electron chi connectivity index (χ4n) is 2.58. The van der Waals surface area contributed by atoms with E-state index in [4.69, 9.17) is 5.11 Å². The Hall–Kier alpha value is -0.950. The Kier molecular flexibility index (Phi) is 4.25. The lowest BCUT2D eigenvalue weighted by Gasteiger charge is -2.43. The molecule has 2 aliphatic heterocycles. The summed E-state index contributed by atoms with van der Waals surface area (Å²) in [5.74, 6) is 0.0544. The van der Waals surface area contributed by atoms with Crippen LogP contribution in [-0.4, -0.2) is 81.7 Å². The smallest absolute Gasteiger partial charge is 0.327 e. The quantitative estimate of drug-likeness (QED) is 0.765. The van der Waals surface area contributed by atoms with Gasteiger partial charge in [-0.25, -0.2) is 9.59 Å². The second kappa shape index (κ2) is 5.58. The zero-order chi connectivity index (χ0) is 14.2. The minimum Gasteiger partial charge on any atom is -0.480 e. The molecule has 6 nitrogen and oxygen atoms in total. The molecule has 1 N–H and O–H groups in total. The molecule has 0 saturated carbocycles. The minimum absolute atomic E-state index is 0.135. The maximum Gasteiger partial charge on any atom is 0.327 e. The Labute approximate surface area is 117 Å². The summed E-state index contributed by atoms with van der Waals surface area (Å²) in [6.45, 7) is 5.49. The molecule has 0 spiro atoms. The number of thioether (sulfide) groups is 1. The van der Waals surface area contributed by atoms with Crippen LogP contribution in [0.5, 0.6) is 0 Å². The molecule has 19 heavy (non-hydrogen) atoms. The standard InChI is InChI=1S/C12H21N3O3S/c1-8-4-14(5-9(2)13(8)3)12(18)15-7-19-6-10(15)11(16)17/h8-10H,4-7H2,1-3H3,(H,16,17)/t8?,9?,10-/m0/s1. The van der Waals surface area contributed by atoms with Crippen molar-refractivity contribution in [2.45, 2.75) is 32.0 Å². The summed E-state index contributed by atoms with van der Waals surface area (Å²) in [5, 5.41) is 9.14. The molecule has 2 saturated heterocycles. The lowest BCUT2D eigenvalue weighted by molar-refractivity contribution is -0.141. The zero-order valence-electron chi connectivity index (χ0n) is 11.6. The number of rotatable bonds is 1. The molecular formula is C12H21N3O3S. The number of piperazine rings is 1. The molecule has 2 fully saturated rings. The Balaban J connectivity index is 2.05. The van der Waals surface area contributed by atoms with Crippen molar-refractivity contribution in [3.8, 4) is 0 Å². The summed E-state index contributed by atoms with van der Waals surface area (Å²) in [6, 6.07) is -0.218. The fourth-order valence-corrected chi connectivity index (χ4v) is 3.72. The van der Waals surface area contributed by atoms with Crippen molar-refractivity contribution in [2.75, 3.05) is 31.8 Å². The van der Waals surface area contributed by atoms with Gasteiger partial charge in [-0.05, 0) is 20.9 Å². The van der Waals surface area contributed by atoms with Crippen LogP contribution in [-0.2, 0) is 4.79 Å². The molecule has 0 aromatic carbocycles. The average Bonchev–Trinajstić information content (AvgIpc) is 2.83. The highest BCUT2D eigenvalue weighted by molar-refractivity contribution is 7.99. The molecule has 2 heterocycles. The largest absolute Gasteiger partial charge is 0.480 e. The number of carboxylic acid groups (broad SMARTS) is 1. The maximum absolute atomic E-state index is 12.5. The van der Waals surface area contributed by atoms with E-state index >= 15 is 0 Å². The third kappa shape index (κ3) is 2.81. The Morgan fingerprint density at radius 3 is 2.32 bits per heavy atom. The topological polar surface area (TPSA) is 64.1 Å². The maximum atomic E-state index is 12.5. The van der Waals surface area contributed by atoms with Crippen LogP contribution in [0.2, 0.25) is 0 Å². The Bertz CT molecular complexity index is 367. The number of carbonyl (C=O) groups excluding carboxylic acids is 1. The lowest BCUT2D eigenvalue weighted by Crippen LogP contribution is -2.60. The molecule has 2 unspecified atom stereocenters. The first-order valence-electron chi connectivity index (χ1n) is 6.50. The van der Waals surface area contributed by atoms with E-state index in [0.717, 1.165) is 0 Å². The molecule has 0 bridgehead atoms. The van der Waals surface area contributed by atoms with E-state index in [2.05, 4.69) is 25.8 Å². The summed E-state index contributed by atoms with van der Waals surface area (Å²) in [5.41, 5.74) is 0. The van der Waals surface area contributed by atoms with Crippen molar-refractivity contribution in [1.82, 2.24) is 14.7 Å². The third-order valence-electron chi connectivity index (χ3n) is 4.04. The van der Waals surface area contributed by atoms with Gasteiger partial charge in [-0.15, -0.1) is 11.8 Å². The van der Waals surface area contributed by atoms with Crippen LogP contribution < -0.4 is 0 Å². The number of amides is 2. The van der Waals surface area contributed by atoms with E-state index < -0.39 is 12.0 Å². The minimum atomic E-state index is -0.909. The number of carboxylic acids is 1. The number of hydrogen-bond acceptors (Lipinski definition) is 4. The first-order valence-corrected chi connectivity index (χ1v) is 7.65. The van der Waals surface area contributed by atoms with Crippen LogP contribution in [0.25, 0.3) is 0 Å². The molecule has 2 rings (SSSR count). The Morgan fingerprint density at radius 1 is 1.21 bits per heavy atom. The van der Waals surface area contributed by atoms with Gasteiger partial charge >= 0.3 is 12.0 Å². The number of carbonyl (C=O) groups is 2. The van der Waals surface area contributed by atoms with E-state index in [-0.39, 0.29) is 6.03 Å². The normalized spacial score (nSPS) is 32.7. The van der Waals surface area contributed by atoms with Crippen molar-refractivity contribution in [1.29, 1.82) is 0 Å². The molecule has 0 aliphatic carbocycles. The highest BCUT2D eigenvalue weighted by atomic mass is 32.2. The van der Waals surface area contributed by atoms with Gasteiger partial charge < -0.3 is 14.9 Å². The van der Waals surface area contributed by atoms with Gasteiger partial charge in [0.1, 0.15) is 6.04 Å². The summed E-state index contributed by atoms with van der Waals surface area (Å²) >= 11 is 1.50. The summed E-state index contributed by atoms with van der Waals surface area (Å²) in [6.07, 6.45) is 0. The van der Waals surface area contributed by atoms with Crippen LogP contribution in [0.4, 0.5) is 4.79 Å². The number of urea groups is 1. The molecule has 0 radical (unpaired) electrons. The first-order chi connectivity index (χ1) is 8.91. The number of hydrogen-bond donors (Lipinski definition) is 1. The van der Waals surface area contributed by atoms with E-state index in [1.54, 1.807) is 4.90 Å². The number of likely N-dealkylation sites (N-methyl/N-ethyl adjacent to an activating group) is 1.